The molecule has 0 aromatic heterocycles. The van der Waals surface area contributed by atoms with Crippen molar-refractivity contribution < 1.29 is 103 Å². The van der Waals surface area contributed by atoms with E-state index in [-0.39, 0.29) is 67.8 Å². The number of fused-ring (bicyclic) bond motifs is 4. The zero-order valence-electron chi connectivity index (χ0n) is 40.9. The third-order valence-corrected chi connectivity index (χ3v) is 11.7. The number of carboxylic acid groups (broad SMARTS) is 2. The molecular weight excluding hydrogens is 1120 g/mol. The van der Waals surface area contributed by atoms with Crippen LogP contribution in [0, 0.1) is 0 Å². The Kier molecular flexibility index (Phi) is 15.8. The number of rotatable bonds is 19. The number of nitrogens with one attached hydrogen (secondary N) is 6. The number of halogens is 8. The second kappa shape index (κ2) is 22.4. The molecule has 82 heavy (non-hydrogen) atoms. The van der Waals surface area contributed by atoms with Gasteiger partial charge in [0.1, 0.15) is 34.2 Å². The minimum Gasteiger partial charge on any atom is -0.508 e. The number of phenolic OH excluding ortho intramolecular Hbond substituents is 2. The third-order valence-electron chi connectivity index (χ3n) is 11.7. The Hall–Kier alpha value is -10.4. The maximum atomic E-state index is 14.4. The smallest absolute Gasteiger partial charge is 0.453 e. The summed E-state index contributed by atoms with van der Waals surface area (Å²) in [5.41, 5.74) is -0.718. The fraction of sp³-hybridized carbons (Fsp3) is 0.154. The molecule has 0 saturated carbocycles. The Morgan fingerprint density at radius 1 is 0.451 bits per heavy atom. The number of hydrogen-bond donors (Lipinski definition) is 10. The number of anilines is 2. The van der Waals surface area contributed by atoms with Crippen LogP contribution in [0.1, 0.15) is 20.7 Å². The van der Waals surface area contributed by atoms with E-state index >= 15 is 0 Å². The van der Waals surface area contributed by atoms with Gasteiger partial charge in [-0.2, -0.15) is 35.1 Å². The molecular formula is C52H36F8N6O16. The molecule has 8 rings (SSSR count). The molecule has 10 N–H and O–H groups in total. The predicted octanol–water partition coefficient (Wildman–Crippen LogP) is 7.83. The van der Waals surface area contributed by atoms with Crippen LogP contribution in [-0.4, -0.2) is 107 Å². The van der Waals surface area contributed by atoms with Crippen molar-refractivity contribution in [1.82, 2.24) is 21.3 Å². The molecule has 4 aromatic carbocycles. The SMILES string of the molecule is O=C(NCCNC(=O)C(F)(F)OC(F)(F)C(F)(F)OC(F)(F)C(=O)NCCNC(=O)Nc1ccc(-c2c3ccc(=O)cc-3oc3cc(O)ccc23)c(C(=O)O)c1)Nc1ccc(-c2c3ccc(=O)cc-3oc3cc(O)ccc23)c(C(=O)O)c1. The van der Waals surface area contributed by atoms with Crippen LogP contribution < -0.4 is 42.8 Å². The predicted molar refractivity (Wildman–Crippen MR) is 268 cm³/mol. The number of phenols is 2. The molecule has 0 spiro atoms. The van der Waals surface area contributed by atoms with Gasteiger partial charge >= 0.3 is 60.2 Å². The van der Waals surface area contributed by atoms with Crippen LogP contribution in [-0.2, 0) is 19.1 Å². The van der Waals surface area contributed by atoms with Crippen molar-refractivity contribution in [3.63, 3.8) is 0 Å². The molecule has 22 nitrogen and oxygen atoms in total. The molecule has 2 heterocycles. The Morgan fingerprint density at radius 3 is 1.17 bits per heavy atom. The zero-order chi connectivity index (χ0) is 59.6. The maximum Gasteiger partial charge on any atom is 0.453 e. The van der Waals surface area contributed by atoms with E-state index in [4.69, 9.17) is 8.83 Å². The number of ether oxygens (including phenoxy) is 2. The van der Waals surface area contributed by atoms with Crippen molar-refractivity contribution >= 4 is 69.1 Å². The molecule has 6 amide bonds. The van der Waals surface area contributed by atoms with Gasteiger partial charge in [0.15, 0.2) is 10.9 Å². The van der Waals surface area contributed by atoms with E-state index in [9.17, 15) is 93.9 Å². The molecule has 30 heteroatoms. The summed E-state index contributed by atoms with van der Waals surface area (Å²) in [4.78, 5) is 98.4. The largest absolute Gasteiger partial charge is 0.508 e. The summed E-state index contributed by atoms with van der Waals surface area (Å²) in [5.74, 6) is -9.09. The summed E-state index contributed by atoms with van der Waals surface area (Å²) in [6.45, 7) is -3.73. The number of aromatic carboxylic acids is 2. The first-order valence-corrected chi connectivity index (χ1v) is 23.3. The standard InChI is InChI=1S/C52H36F8N6O16/c53-49(54,45(75)61-13-15-63-47(77)65-23-1-7-29(35(17-23)43(71)72)41-31-9-3-25(67)19-37(31)79-38-20-26(68)4-10-32(38)41)81-51(57,58)52(59,60)82-50(55,56)46(76)62-14-16-64-48(78)66-24-2-8-30(36(18-24)44(73)74)42-33-11-5-27(69)21-39(33)80-40-22-28(70)6-12-34(40)42/h1-12,17-22,67,69H,13-16H2,(H,61,75)(H,62,76)(H,71,72)(H,73,74)(H2,63,65,77)(H2,64,66,78). The van der Waals surface area contributed by atoms with Gasteiger partial charge in [0, 0.05) is 94.8 Å². The molecule has 2 aliphatic heterocycles. The molecule has 0 atom stereocenters. The number of carbonyl (C=O) groups is 6. The third kappa shape index (κ3) is 12.4. The number of benzene rings is 6. The first kappa shape index (κ1) is 57.8. The summed E-state index contributed by atoms with van der Waals surface area (Å²) >= 11 is 0. The average molecular weight is 1150 g/mol. The highest BCUT2D eigenvalue weighted by Crippen LogP contribution is 2.46. The topological polar surface area (TPSA) is 334 Å². The Morgan fingerprint density at radius 2 is 0.805 bits per heavy atom. The van der Waals surface area contributed by atoms with E-state index in [1.54, 1.807) is 0 Å². The fourth-order valence-electron chi connectivity index (χ4n) is 8.13. The first-order valence-electron chi connectivity index (χ1n) is 23.3. The molecule has 426 valence electrons. The minimum absolute atomic E-state index is 0.0383. The molecule has 0 bridgehead atoms. The van der Waals surface area contributed by atoms with Crippen molar-refractivity contribution in [2.75, 3.05) is 36.8 Å². The number of carboxylic acids is 2. The van der Waals surface area contributed by atoms with Gasteiger partial charge in [0.2, 0.25) is 0 Å². The monoisotopic (exact) mass is 1150 g/mol. The van der Waals surface area contributed by atoms with Crippen LogP contribution in [0.25, 0.3) is 66.8 Å². The number of carbonyl (C=O) groups excluding carboxylic acids is 4. The Balaban J connectivity index is 0.803. The molecule has 2 aliphatic carbocycles. The molecule has 0 saturated heterocycles. The van der Waals surface area contributed by atoms with Gasteiger partial charge in [0.25, 0.3) is 0 Å². The van der Waals surface area contributed by atoms with Crippen molar-refractivity contribution in [3.05, 3.63) is 141 Å². The Labute approximate surface area is 450 Å². The zero-order valence-corrected chi connectivity index (χ0v) is 40.9. The number of urea groups is 2. The molecule has 4 aliphatic rings. The van der Waals surface area contributed by atoms with E-state index < -0.39 is 108 Å². The second-order valence-corrected chi connectivity index (χ2v) is 17.3. The summed E-state index contributed by atoms with van der Waals surface area (Å²) in [6, 6.07) is 20.1. The number of aromatic hydroxyl groups is 2. The molecule has 4 aromatic rings. The van der Waals surface area contributed by atoms with Gasteiger partial charge in [0.05, 0.1) is 11.1 Å². The van der Waals surface area contributed by atoms with E-state index in [0.717, 1.165) is 24.3 Å². The van der Waals surface area contributed by atoms with E-state index in [2.05, 4.69) is 20.1 Å². The van der Waals surface area contributed by atoms with Crippen molar-refractivity contribution in [3.8, 4) is 56.4 Å². The van der Waals surface area contributed by atoms with Gasteiger partial charge in [-0.15, -0.1) is 0 Å². The quantitative estimate of drug-likeness (QED) is 0.0209. The van der Waals surface area contributed by atoms with Crippen LogP contribution in [0.3, 0.4) is 0 Å². The van der Waals surface area contributed by atoms with E-state index in [1.807, 2.05) is 10.6 Å². The first-order chi connectivity index (χ1) is 38.5. The highest BCUT2D eigenvalue weighted by atomic mass is 19.3. The fourth-order valence-corrected chi connectivity index (χ4v) is 8.13. The van der Waals surface area contributed by atoms with Crippen LogP contribution in [0.2, 0.25) is 0 Å². The van der Waals surface area contributed by atoms with Crippen molar-refractivity contribution in [2.24, 2.45) is 0 Å². The molecule has 0 radical (unpaired) electrons. The van der Waals surface area contributed by atoms with E-state index in [1.165, 1.54) is 95.6 Å². The summed E-state index contributed by atoms with van der Waals surface area (Å²) < 4.78 is 132. The van der Waals surface area contributed by atoms with Crippen LogP contribution in [0.15, 0.2) is 128 Å². The number of hydrogen-bond acceptors (Lipinski definition) is 14. The van der Waals surface area contributed by atoms with Gasteiger partial charge in [-0.25, -0.2) is 28.7 Å². The molecule has 0 unspecified atom stereocenters. The minimum atomic E-state index is -6.78. The lowest BCUT2D eigenvalue weighted by Crippen LogP contribution is -2.57. The van der Waals surface area contributed by atoms with Gasteiger partial charge < -0.3 is 61.2 Å². The van der Waals surface area contributed by atoms with Crippen molar-refractivity contribution in [1.29, 1.82) is 0 Å². The van der Waals surface area contributed by atoms with Crippen molar-refractivity contribution in [2.45, 2.75) is 24.4 Å². The van der Waals surface area contributed by atoms with Crippen LogP contribution in [0.4, 0.5) is 56.1 Å². The second-order valence-electron chi connectivity index (χ2n) is 17.3. The highest BCUT2D eigenvalue weighted by Gasteiger charge is 2.69. The van der Waals surface area contributed by atoms with Gasteiger partial charge in [-0.3, -0.25) is 19.2 Å². The number of alkyl halides is 8. The van der Waals surface area contributed by atoms with Crippen LogP contribution >= 0.6 is 0 Å². The lowest BCUT2D eigenvalue weighted by atomic mass is 9.90. The highest BCUT2D eigenvalue weighted by molar-refractivity contribution is 6.10. The number of amides is 6. The summed E-state index contributed by atoms with van der Waals surface area (Å²) in [6.07, 6.45) is -25.4. The van der Waals surface area contributed by atoms with E-state index in [0.29, 0.717) is 21.9 Å². The molecule has 0 fully saturated rings. The summed E-state index contributed by atoms with van der Waals surface area (Å²) in [7, 11) is 0. The normalized spacial score (nSPS) is 12.0. The summed E-state index contributed by atoms with van der Waals surface area (Å²) in [5, 5.41) is 51.9. The average Bonchev–Trinajstić information content (AvgIpc) is 2.25. The lowest BCUT2D eigenvalue weighted by molar-refractivity contribution is -0.499. The lowest BCUT2D eigenvalue weighted by Gasteiger charge is -2.30. The Bertz CT molecular complexity index is 3700. The van der Waals surface area contributed by atoms with Gasteiger partial charge in [-0.05, 0) is 83.9 Å². The van der Waals surface area contributed by atoms with Crippen LogP contribution in [0.5, 0.6) is 11.5 Å². The van der Waals surface area contributed by atoms with Gasteiger partial charge in [-0.1, -0.05) is 12.1 Å². The maximum absolute atomic E-state index is 14.4.